The average Bonchev–Trinajstić information content (AvgIpc) is 3.08. The molecule has 0 amide bonds. The average molecular weight is 328 g/mol. The van der Waals surface area contributed by atoms with Gasteiger partial charge in [-0.15, -0.1) is 0 Å². The maximum Gasteiger partial charge on any atom is 0.211 e. The van der Waals surface area contributed by atoms with Gasteiger partial charge in [0.25, 0.3) is 0 Å². The number of furan rings is 1. The van der Waals surface area contributed by atoms with Crippen LogP contribution in [0.15, 0.2) is 23.0 Å². The first-order valence-corrected chi connectivity index (χ1v) is 9.53. The van der Waals surface area contributed by atoms with E-state index in [-0.39, 0.29) is 11.4 Å². The highest BCUT2D eigenvalue weighted by atomic mass is 32.2. The van der Waals surface area contributed by atoms with Crippen LogP contribution in [0.1, 0.15) is 25.3 Å². The maximum absolute atomic E-state index is 11.5. The van der Waals surface area contributed by atoms with Crippen molar-refractivity contribution in [2.75, 3.05) is 32.0 Å². The molecule has 0 aliphatic carbocycles. The third kappa shape index (κ3) is 3.37. The van der Waals surface area contributed by atoms with E-state index < -0.39 is 10.0 Å². The molecule has 3 heterocycles. The minimum Gasteiger partial charge on any atom is -0.472 e. The van der Waals surface area contributed by atoms with Crippen LogP contribution in [0.5, 0.6) is 0 Å². The summed E-state index contributed by atoms with van der Waals surface area (Å²) in [5, 5.41) is 0. The van der Waals surface area contributed by atoms with E-state index in [4.69, 9.17) is 9.15 Å². The van der Waals surface area contributed by atoms with Gasteiger partial charge in [-0.25, -0.2) is 13.1 Å². The molecule has 2 saturated heterocycles. The molecular weight excluding hydrogens is 304 g/mol. The fourth-order valence-electron chi connectivity index (χ4n) is 3.50. The van der Waals surface area contributed by atoms with Crippen molar-refractivity contribution in [2.45, 2.75) is 31.9 Å². The van der Waals surface area contributed by atoms with Gasteiger partial charge in [0.05, 0.1) is 23.9 Å². The first-order valence-electron chi connectivity index (χ1n) is 7.88. The zero-order valence-electron chi connectivity index (χ0n) is 13.0. The third-order valence-electron chi connectivity index (χ3n) is 4.76. The quantitative estimate of drug-likeness (QED) is 0.814. The van der Waals surface area contributed by atoms with Gasteiger partial charge in [-0.05, 0) is 31.7 Å². The summed E-state index contributed by atoms with van der Waals surface area (Å²) < 4.78 is 36.7. The lowest BCUT2D eigenvalue weighted by atomic mass is 9.79. The van der Waals surface area contributed by atoms with Crippen molar-refractivity contribution in [1.82, 2.24) is 9.62 Å². The first-order chi connectivity index (χ1) is 10.5. The van der Waals surface area contributed by atoms with Crippen molar-refractivity contribution < 1.29 is 17.6 Å². The van der Waals surface area contributed by atoms with Crippen molar-refractivity contribution in [1.29, 1.82) is 0 Å². The lowest BCUT2D eigenvalue weighted by Gasteiger charge is -2.50. The number of rotatable bonds is 7. The monoisotopic (exact) mass is 328 g/mol. The first kappa shape index (κ1) is 16.0. The van der Waals surface area contributed by atoms with Crippen LogP contribution in [0, 0.1) is 5.92 Å². The van der Waals surface area contributed by atoms with Crippen LogP contribution in [0.2, 0.25) is 0 Å². The Morgan fingerprint density at radius 1 is 1.45 bits per heavy atom. The highest BCUT2D eigenvalue weighted by molar-refractivity contribution is 7.89. The lowest BCUT2D eigenvalue weighted by molar-refractivity contribution is -0.136. The van der Waals surface area contributed by atoms with Crippen LogP contribution in [0.3, 0.4) is 0 Å². The minimum absolute atomic E-state index is 0.0681. The van der Waals surface area contributed by atoms with E-state index in [0.29, 0.717) is 12.5 Å². The summed E-state index contributed by atoms with van der Waals surface area (Å²) in [6.07, 6.45) is 5.34. The van der Waals surface area contributed by atoms with Gasteiger partial charge in [-0.1, -0.05) is 0 Å². The molecule has 1 aromatic heterocycles. The van der Waals surface area contributed by atoms with E-state index in [0.717, 1.165) is 39.1 Å². The molecule has 124 valence electrons. The second-order valence-corrected chi connectivity index (χ2v) is 8.36. The second-order valence-electron chi connectivity index (χ2n) is 6.26. The SMILES string of the molecule is CCS(=O)(=O)NCCC1CCOC12CN(Cc1ccoc1)C2. The Morgan fingerprint density at radius 3 is 2.95 bits per heavy atom. The lowest BCUT2D eigenvalue weighted by Crippen LogP contribution is -2.64. The Kier molecular flexibility index (Phi) is 4.59. The van der Waals surface area contributed by atoms with Gasteiger partial charge < -0.3 is 9.15 Å². The summed E-state index contributed by atoms with van der Waals surface area (Å²) >= 11 is 0. The van der Waals surface area contributed by atoms with Gasteiger partial charge in [-0.2, -0.15) is 0 Å². The maximum atomic E-state index is 11.5. The van der Waals surface area contributed by atoms with Crippen LogP contribution in [0.25, 0.3) is 0 Å². The fourth-order valence-corrected chi connectivity index (χ4v) is 4.13. The third-order valence-corrected chi connectivity index (χ3v) is 6.17. The normalized spacial score (nSPS) is 24.7. The summed E-state index contributed by atoms with van der Waals surface area (Å²) in [7, 11) is -3.09. The van der Waals surface area contributed by atoms with Gasteiger partial charge in [-0.3, -0.25) is 4.90 Å². The predicted octanol–water partition coefficient (Wildman–Crippen LogP) is 1.20. The number of ether oxygens (including phenoxy) is 1. The summed E-state index contributed by atoms with van der Waals surface area (Å²) in [6, 6.07) is 1.98. The molecule has 3 rings (SSSR count). The predicted molar refractivity (Wildman–Crippen MR) is 82.9 cm³/mol. The molecule has 6 nitrogen and oxygen atoms in total. The molecular formula is C15H24N2O4S. The van der Waals surface area contributed by atoms with Gasteiger partial charge in [0.2, 0.25) is 10.0 Å². The van der Waals surface area contributed by atoms with Crippen LogP contribution in [0.4, 0.5) is 0 Å². The van der Waals surface area contributed by atoms with Crippen molar-refractivity contribution in [2.24, 2.45) is 5.92 Å². The molecule has 2 fully saturated rings. The van der Waals surface area contributed by atoms with Crippen molar-refractivity contribution in [3.05, 3.63) is 24.2 Å². The zero-order valence-corrected chi connectivity index (χ0v) is 13.8. The Bertz CT molecular complexity index is 579. The number of hydrogen-bond donors (Lipinski definition) is 1. The van der Waals surface area contributed by atoms with Crippen LogP contribution >= 0.6 is 0 Å². The zero-order chi connectivity index (χ0) is 15.6. The van der Waals surface area contributed by atoms with Crippen LogP contribution in [-0.4, -0.2) is 50.9 Å². The van der Waals surface area contributed by atoms with Gasteiger partial charge in [0, 0.05) is 38.3 Å². The van der Waals surface area contributed by atoms with E-state index in [1.807, 2.05) is 6.07 Å². The van der Waals surface area contributed by atoms with Crippen molar-refractivity contribution >= 4 is 10.0 Å². The number of sulfonamides is 1. The molecule has 1 aromatic rings. The summed E-state index contributed by atoms with van der Waals surface area (Å²) in [5.74, 6) is 0.574. The molecule has 0 aromatic carbocycles. The molecule has 7 heteroatoms. The summed E-state index contributed by atoms with van der Waals surface area (Å²) in [5.41, 5.74) is 1.11. The molecule has 0 bridgehead atoms. The van der Waals surface area contributed by atoms with E-state index in [2.05, 4.69) is 9.62 Å². The van der Waals surface area contributed by atoms with Gasteiger partial charge in [0.15, 0.2) is 0 Å². The highest BCUT2D eigenvalue weighted by Gasteiger charge is 2.52. The Labute approximate surface area is 131 Å². The Balaban J connectivity index is 1.47. The topological polar surface area (TPSA) is 71.8 Å². The minimum atomic E-state index is -3.09. The number of hydrogen-bond acceptors (Lipinski definition) is 5. The number of nitrogens with one attached hydrogen (secondary N) is 1. The van der Waals surface area contributed by atoms with Crippen LogP contribution in [-0.2, 0) is 21.3 Å². The molecule has 2 aliphatic rings. The number of nitrogens with zero attached hydrogens (tertiary/aromatic N) is 1. The van der Waals surface area contributed by atoms with Crippen LogP contribution < -0.4 is 4.72 Å². The van der Waals surface area contributed by atoms with Crippen molar-refractivity contribution in [3.63, 3.8) is 0 Å². The molecule has 22 heavy (non-hydrogen) atoms. The van der Waals surface area contributed by atoms with Crippen molar-refractivity contribution in [3.8, 4) is 0 Å². The molecule has 1 unspecified atom stereocenters. The Hall–Kier alpha value is -0.890. The van der Waals surface area contributed by atoms with Gasteiger partial charge in [0.1, 0.15) is 0 Å². The van der Waals surface area contributed by atoms with E-state index in [1.165, 1.54) is 5.56 Å². The molecule has 2 aliphatic heterocycles. The smallest absolute Gasteiger partial charge is 0.211 e. The highest BCUT2D eigenvalue weighted by Crippen LogP contribution is 2.42. The van der Waals surface area contributed by atoms with E-state index in [1.54, 1.807) is 19.5 Å². The Morgan fingerprint density at radius 2 is 2.27 bits per heavy atom. The molecule has 0 radical (unpaired) electrons. The van der Waals surface area contributed by atoms with E-state index >= 15 is 0 Å². The van der Waals surface area contributed by atoms with Gasteiger partial charge >= 0.3 is 0 Å². The largest absolute Gasteiger partial charge is 0.472 e. The second kappa shape index (κ2) is 6.31. The fraction of sp³-hybridized carbons (Fsp3) is 0.733. The number of likely N-dealkylation sites (tertiary alicyclic amines) is 1. The standard InChI is InChI=1S/C15H24N2O4S/c1-2-22(18,19)16-6-3-14-5-8-21-15(14)11-17(12-15)9-13-4-7-20-10-13/h4,7,10,14,16H,2-3,5-6,8-9,11-12H2,1H3. The van der Waals surface area contributed by atoms with E-state index in [9.17, 15) is 8.42 Å². The molecule has 1 spiro atoms. The molecule has 1 N–H and O–H groups in total. The summed E-state index contributed by atoms with van der Waals surface area (Å²) in [6.45, 7) is 5.67. The molecule has 1 atom stereocenters. The summed E-state index contributed by atoms with van der Waals surface area (Å²) in [4.78, 5) is 2.35. The molecule has 0 saturated carbocycles.